The van der Waals surface area contributed by atoms with Crippen LogP contribution in [0.1, 0.15) is 85.1 Å². The van der Waals surface area contributed by atoms with Crippen molar-refractivity contribution in [3.05, 3.63) is 29.8 Å². The number of hydrogen-bond donors (Lipinski definition) is 12. The maximum atomic E-state index is 14.6. The summed E-state index contributed by atoms with van der Waals surface area (Å²) in [6, 6.07) is -5.72. The predicted molar refractivity (Wildman–Crippen MR) is 262 cm³/mol. The number of primary amides is 2. The Kier molecular flexibility index (Phi) is 24.0. The average molecular weight is 1050 g/mol. The van der Waals surface area contributed by atoms with E-state index >= 15 is 0 Å². The van der Waals surface area contributed by atoms with Crippen LogP contribution in [0, 0.1) is 11.8 Å². The van der Waals surface area contributed by atoms with Crippen LogP contribution in [0.2, 0.25) is 0 Å². The Balaban J connectivity index is 2.12. The number of likely N-dealkylation sites (tertiary alicyclic amines) is 1. The highest BCUT2D eigenvalue weighted by Crippen LogP contribution is 2.26. The molecular weight excluding hydrogens is 983 g/mol. The number of amides is 11. The highest BCUT2D eigenvalue weighted by molar-refractivity contribution is 8.76. The highest BCUT2D eigenvalue weighted by atomic mass is 33.1. The number of carbonyl (C=O) groups is 12. The number of rotatable bonds is 18. The number of carboxylic acids is 1. The van der Waals surface area contributed by atoms with E-state index in [1.807, 2.05) is 0 Å². The first-order valence-electron chi connectivity index (χ1n) is 23.4. The summed E-state index contributed by atoms with van der Waals surface area (Å²) in [4.78, 5) is 161. The van der Waals surface area contributed by atoms with E-state index in [9.17, 15) is 67.7 Å². The fraction of sp³-hybridized carbons (Fsp3) is 0.600. The number of nitrogens with one attached hydrogen (secondary N) is 8. The zero-order chi connectivity index (χ0) is 53.8. The van der Waals surface area contributed by atoms with Gasteiger partial charge in [0.25, 0.3) is 0 Å². The number of carbonyl (C=O) groups excluding carboxylic acids is 11. The van der Waals surface area contributed by atoms with Gasteiger partial charge in [0.15, 0.2) is 0 Å². The molecule has 72 heavy (non-hydrogen) atoms. The molecular formula is C45H67N11O14S2. The van der Waals surface area contributed by atoms with E-state index in [4.69, 9.17) is 11.5 Å². The molecule has 3 rings (SSSR count). The molecule has 9 atom stereocenters. The molecule has 0 saturated carbocycles. The molecule has 2 fully saturated rings. The summed E-state index contributed by atoms with van der Waals surface area (Å²) in [7, 11) is 1.93. The Morgan fingerprint density at radius 1 is 0.806 bits per heavy atom. The number of benzene rings is 1. The molecule has 25 nitrogen and oxygen atoms in total. The second-order valence-electron chi connectivity index (χ2n) is 18.0. The van der Waals surface area contributed by atoms with Gasteiger partial charge in [0.05, 0.1) is 13.0 Å². The van der Waals surface area contributed by atoms with Crippen LogP contribution in [0.3, 0.4) is 0 Å². The molecule has 27 heteroatoms. The lowest BCUT2D eigenvalue weighted by molar-refractivity contribution is -0.142. The van der Waals surface area contributed by atoms with Crippen molar-refractivity contribution in [2.24, 2.45) is 23.3 Å². The molecule has 0 radical (unpaired) electrons. The van der Waals surface area contributed by atoms with Gasteiger partial charge in [-0.25, -0.2) is 0 Å². The first-order chi connectivity index (χ1) is 33.9. The Bertz CT molecular complexity index is 2170. The van der Waals surface area contributed by atoms with E-state index in [2.05, 4.69) is 42.5 Å². The van der Waals surface area contributed by atoms with E-state index in [0.717, 1.165) is 28.5 Å². The number of phenolic OH excluding ortho intramolecular Hbond substituents is 1. The maximum absolute atomic E-state index is 14.6. The third-order valence-corrected chi connectivity index (χ3v) is 14.0. The summed E-state index contributed by atoms with van der Waals surface area (Å²) in [6.45, 7) is 7.61. The Labute approximate surface area is 424 Å². The minimum atomic E-state index is -1.82. The average Bonchev–Trinajstić information content (AvgIpc) is 3.81. The van der Waals surface area contributed by atoms with Gasteiger partial charge in [-0.3, -0.25) is 57.5 Å². The number of hydrogen-bond acceptors (Lipinski definition) is 15. The molecule has 0 aromatic heterocycles. The third-order valence-electron chi connectivity index (χ3n) is 11.6. The predicted octanol–water partition coefficient (Wildman–Crippen LogP) is -2.83. The molecule has 0 spiro atoms. The van der Waals surface area contributed by atoms with Crippen molar-refractivity contribution < 1.29 is 67.7 Å². The van der Waals surface area contributed by atoms with E-state index in [0.29, 0.717) is 12.0 Å². The summed E-state index contributed by atoms with van der Waals surface area (Å²) < 4.78 is 0. The quantitative estimate of drug-likeness (QED) is 0.0660. The van der Waals surface area contributed by atoms with Crippen molar-refractivity contribution in [2.75, 3.05) is 24.6 Å². The van der Waals surface area contributed by atoms with Gasteiger partial charge in [-0.1, -0.05) is 67.8 Å². The summed E-state index contributed by atoms with van der Waals surface area (Å²) in [5.41, 5.74) is 11.2. The van der Waals surface area contributed by atoms with Gasteiger partial charge in [-0.05, 0) is 55.2 Å². The maximum Gasteiger partial charge on any atom is 0.303 e. The van der Waals surface area contributed by atoms with E-state index in [1.165, 1.54) is 29.2 Å². The summed E-state index contributed by atoms with van der Waals surface area (Å²) in [5.74, 6) is -12.3. The van der Waals surface area contributed by atoms with Crippen molar-refractivity contribution in [1.29, 1.82) is 0 Å². The molecule has 2 heterocycles. The van der Waals surface area contributed by atoms with Crippen molar-refractivity contribution >= 4 is 92.5 Å². The van der Waals surface area contributed by atoms with Gasteiger partial charge in [-0.15, -0.1) is 0 Å². The van der Waals surface area contributed by atoms with Crippen LogP contribution in [0.4, 0.5) is 0 Å². The second kappa shape index (κ2) is 29.0. The van der Waals surface area contributed by atoms with E-state index in [1.54, 1.807) is 27.7 Å². The van der Waals surface area contributed by atoms with Gasteiger partial charge < -0.3 is 69.1 Å². The van der Waals surface area contributed by atoms with Gasteiger partial charge in [-0.2, -0.15) is 0 Å². The number of aliphatic carboxylic acids is 1. The number of aromatic hydroxyl groups is 1. The molecule has 11 amide bonds. The molecule has 1 aromatic carbocycles. The lowest BCUT2D eigenvalue weighted by atomic mass is 9.96. The Morgan fingerprint density at radius 3 is 2.01 bits per heavy atom. The van der Waals surface area contributed by atoms with Crippen LogP contribution in [0.25, 0.3) is 0 Å². The molecule has 2 saturated heterocycles. The zero-order valence-corrected chi connectivity index (χ0v) is 42.4. The molecule has 0 bridgehead atoms. The van der Waals surface area contributed by atoms with Crippen molar-refractivity contribution in [3.8, 4) is 5.75 Å². The first-order valence-corrected chi connectivity index (χ1v) is 25.9. The van der Waals surface area contributed by atoms with Crippen LogP contribution in [-0.2, 0) is 64.0 Å². The largest absolute Gasteiger partial charge is 0.508 e. The van der Waals surface area contributed by atoms with Gasteiger partial charge in [0.2, 0.25) is 65.0 Å². The Hall–Kier alpha value is -6.64. The van der Waals surface area contributed by atoms with Gasteiger partial charge in [0, 0.05) is 37.8 Å². The fourth-order valence-electron chi connectivity index (χ4n) is 7.67. The smallest absolute Gasteiger partial charge is 0.303 e. The molecule has 1 aromatic rings. The normalized spacial score (nSPS) is 23.7. The van der Waals surface area contributed by atoms with Crippen LogP contribution in [0.5, 0.6) is 5.75 Å². The number of nitrogens with two attached hydrogens (primary N) is 2. The molecule has 14 N–H and O–H groups in total. The molecule has 2 aliphatic heterocycles. The zero-order valence-electron chi connectivity index (χ0n) is 40.8. The fourth-order valence-corrected chi connectivity index (χ4v) is 9.98. The third kappa shape index (κ3) is 19.5. The number of phenols is 1. The summed E-state index contributed by atoms with van der Waals surface area (Å²) in [6.07, 6.45) is -1.34. The lowest BCUT2D eigenvalue weighted by Gasteiger charge is -2.31. The molecule has 0 unspecified atom stereocenters. The first kappa shape index (κ1) is 59.7. The molecule has 0 aliphatic carbocycles. The van der Waals surface area contributed by atoms with Crippen molar-refractivity contribution in [1.82, 2.24) is 47.4 Å². The molecule has 398 valence electrons. The van der Waals surface area contributed by atoms with E-state index < -0.39 is 151 Å². The highest BCUT2D eigenvalue weighted by Gasteiger charge is 2.41. The molecule has 2 aliphatic rings. The van der Waals surface area contributed by atoms with Crippen LogP contribution in [-0.4, -0.2) is 159 Å². The topological polar surface area (TPSA) is 397 Å². The number of nitrogens with zero attached hydrogens (tertiary/aromatic N) is 1. The minimum absolute atomic E-state index is 0.0114. The standard InChI is InChI=1S/C45H67N11O14S2/c1-6-23(4)37-44(69)50-27(13-14-36(61)62)39(64)52-30(18-34(46)59)40(65)54-32(45(70)56-15-7-8-33(56)43(68)53-28(16-22(2)3)38(63)48-19-35(47)60)21-72-71-20-31(49-24(5)57)42(67)51-29(41(66)55-37)17-25-9-11-26(58)12-10-25/h9-12,22-23,27-33,37,58H,6-8,13-21H2,1-5H3,(H2,46,59)(H2,47,60)(H,48,63)(H,49,57)(H,50,69)(H,51,67)(H,52,64)(H,53,68)(H,54,65)(H,55,66)(H,61,62)/t23-,27-,28-,29-,30-,31-,32-,33-,37-/m0/s1. The summed E-state index contributed by atoms with van der Waals surface area (Å²) >= 11 is 0. The SMILES string of the molecule is CC[C@H](C)[C@@H]1NC(=O)[C@H](Cc2ccc(O)cc2)NC(=O)[C@@H](NC(C)=O)CSSC[C@@H](C(=O)N2CCC[C@H]2C(=O)N[C@@H](CC(C)C)C(=O)NCC(N)=O)NC(=O)[C@H](CC(N)=O)NC(=O)[C@H](CCC(=O)O)NC1=O. The second-order valence-corrected chi connectivity index (χ2v) is 20.5. The van der Waals surface area contributed by atoms with Crippen LogP contribution in [0.15, 0.2) is 24.3 Å². The van der Waals surface area contributed by atoms with Crippen molar-refractivity contribution in [3.63, 3.8) is 0 Å². The summed E-state index contributed by atoms with van der Waals surface area (Å²) in [5, 5.41) is 39.7. The lowest BCUT2D eigenvalue weighted by Crippen LogP contribution is -2.62. The van der Waals surface area contributed by atoms with Gasteiger partial charge in [0.1, 0.15) is 54.1 Å². The van der Waals surface area contributed by atoms with Gasteiger partial charge >= 0.3 is 5.97 Å². The van der Waals surface area contributed by atoms with Crippen molar-refractivity contribution in [2.45, 2.75) is 134 Å². The van der Waals surface area contributed by atoms with Crippen LogP contribution < -0.4 is 54.0 Å². The van der Waals surface area contributed by atoms with E-state index in [-0.39, 0.29) is 55.4 Å². The number of carboxylic acid groups (broad SMARTS) is 1. The Morgan fingerprint density at radius 2 is 1.42 bits per heavy atom. The minimum Gasteiger partial charge on any atom is -0.508 e. The van der Waals surface area contributed by atoms with Crippen LogP contribution >= 0.6 is 21.6 Å². The monoisotopic (exact) mass is 1050 g/mol.